The van der Waals surface area contributed by atoms with Crippen LogP contribution in [0.2, 0.25) is 0 Å². The maximum Gasteiger partial charge on any atom is 0.0693 e. The van der Waals surface area contributed by atoms with E-state index in [4.69, 9.17) is 0 Å². The van der Waals surface area contributed by atoms with Gasteiger partial charge in [-0.3, -0.25) is 0 Å². The van der Waals surface area contributed by atoms with E-state index in [1.165, 1.54) is 16.7 Å². The summed E-state index contributed by atoms with van der Waals surface area (Å²) in [4.78, 5) is 0. The monoisotopic (exact) mass is 267 g/mol. The molecule has 0 spiro atoms. The molecule has 96 valence electrons. The van der Waals surface area contributed by atoms with E-state index in [0.717, 1.165) is 32.1 Å². The molecule has 0 radical (unpaired) electrons. The van der Waals surface area contributed by atoms with Gasteiger partial charge in [0.15, 0.2) is 0 Å². The number of nitrogens with zero attached hydrogens (tertiary/aromatic N) is 1. The smallest absolute Gasteiger partial charge is 0.0693 e. The molecule has 0 aliphatic heterocycles. The van der Waals surface area contributed by atoms with E-state index in [0.29, 0.717) is 0 Å². The van der Waals surface area contributed by atoms with Crippen LogP contribution in [-0.4, -0.2) is 0 Å². The van der Waals surface area contributed by atoms with Crippen molar-refractivity contribution in [2.24, 2.45) is 5.41 Å². The lowest BCUT2D eigenvalue weighted by atomic mass is 9.70. The number of hydrogen-bond donors (Lipinski definition) is 0. The second-order valence-corrected chi connectivity index (χ2v) is 6.25. The Balaban J connectivity index is 1.77. The van der Waals surface area contributed by atoms with Crippen molar-refractivity contribution in [1.29, 1.82) is 5.26 Å². The number of rotatable bonds is 3. The molecule has 1 unspecified atom stereocenters. The first-order chi connectivity index (χ1) is 9.31. The molecule has 1 atom stereocenters. The summed E-state index contributed by atoms with van der Waals surface area (Å²) in [6, 6.07) is 13.4. The van der Waals surface area contributed by atoms with Crippen LogP contribution in [0.5, 0.6) is 0 Å². The predicted molar refractivity (Wildman–Crippen MR) is 79.2 cm³/mol. The molecule has 0 bridgehead atoms. The molecule has 0 saturated heterocycles. The van der Waals surface area contributed by atoms with Crippen molar-refractivity contribution in [1.82, 2.24) is 0 Å². The highest BCUT2D eigenvalue weighted by Gasteiger charge is 2.34. The summed E-state index contributed by atoms with van der Waals surface area (Å²) < 4.78 is 0. The van der Waals surface area contributed by atoms with Crippen LogP contribution in [0.3, 0.4) is 0 Å². The van der Waals surface area contributed by atoms with Gasteiger partial charge in [-0.15, -0.1) is 0 Å². The molecule has 0 N–H and O–H groups in total. The largest absolute Gasteiger partial charge is 0.198 e. The lowest BCUT2D eigenvalue weighted by Gasteiger charge is -2.32. The zero-order valence-corrected chi connectivity index (χ0v) is 11.7. The first-order valence-electron chi connectivity index (χ1n) is 6.80. The van der Waals surface area contributed by atoms with Gasteiger partial charge in [0.2, 0.25) is 0 Å². The summed E-state index contributed by atoms with van der Waals surface area (Å²) in [5, 5.41) is 14.0. The third-order valence-electron chi connectivity index (χ3n) is 4.23. The highest BCUT2D eigenvalue weighted by atomic mass is 32.1. The van der Waals surface area contributed by atoms with E-state index in [9.17, 15) is 5.26 Å². The van der Waals surface area contributed by atoms with Crippen LogP contribution in [0.4, 0.5) is 0 Å². The van der Waals surface area contributed by atoms with Gasteiger partial charge in [0.25, 0.3) is 0 Å². The first kappa shape index (κ1) is 12.4. The van der Waals surface area contributed by atoms with Crippen molar-refractivity contribution in [2.45, 2.75) is 32.1 Å². The van der Waals surface area contributed by atoms with Crippen molar-refractivity contribution in [3.05, 3.63) is 57.8 Å². The Labute approximate surface area is 118 Å². The Kier molecular flexibility index (Phi) is 3.40. The lowest BCUT2D eigenvalue weighted by molar-refractivity contribution is 0.316. The van der Waals surface area contributed by atoms with Crippen LogP contribution >= 0.6 is 11.3 Å². The fourth-order valence-corrected chi connectivity index (χ4v) is 3.69. The average Bonchev–Trinajstić information content (AvgIpc) is 2.98. The molecule has 2 heteroatoms. The van der Waals surface area contributed by atoms with Crippen molar-refractivity contribution in [3.8, 4) is 6.07 Å². The number of nitriles is 1. The molecule has 1 aromatic heterocycles. The zero-order valence-electron chi connectivity index (χ0n) is 10.9. The molecule has 2 aromatic rings. The Morgan fingerprint density at radius 2 is 2.05 bits per heavy atom. The maximum atomic E-state index is 9.65. The van der Waals surface area contributed by atoms with Gasteiger partial charge in [-0.1, -0.05) is 24.3 Å². The van der Waals surface area contributed by atoms with Gasteiger partial charge in [-0.25, -0.2) is 0 Å². The topological polar surface area (TPSA) is 23.8 Å². The van der Waals surface area contributed by atoms with E-state index in [1.54, 1.807) is 11.3 Å². The van der Waals surface area contributed by atoms with Gasteiger partial charge in [0.05, 0.1) is 11.5 Å². The highest BCUT2D eigenvalue weighted by molar-refractivity contribution is 7.07. The molecule has 0 saturated carbocycles. The fourth-order valence-electron chi connectivity index (χ4n) is 2.98. The third-order valence-corrected chi connectivity index (χ3v) is 4.96. The minimum absolute atomic E-state index is 0.156. The fraction of sp³-hybridized carbons (Fsp3) is 0.353. The quantitative estimate of drug-likeness (QED) is 0.809. The Morgan fingerprint density at radius 1 is 1.21 bits per heavy atom. The van der Waals surface area contributed by atoms with Gasteiger partial charge >= 0.3 is 0 Å². The number of fused-ring (bicyclic) bond motifs is 1. The normalized spacial score (nSPS) is 21.6. The van der Waals surface area contributed by atoms with Gasteiger partial charge in [-0.2, -0.15) is 16.6 Å². The summed E-state index contributed by atoms with van der Waals surface area (Å²) in [5.74, 6) is 0. The second kappa shape index (κ2) is 5.19. The van der Waals surface area contributed by atoms with Gasteiger partial charge < -0.3 is 0 Å². The molecule has 1 aromatic carbocycles. The standard InChI is InChI=1S/C17H17NS/c18-13-17(8-5-14-7-10-19-12-14)9-6-15-3-1-2-4-16(15)11-17/h1-4,7,10,12H,5-6,8-9,11H2. The molecule has 19 heavy (non-hydrogen) atoms. The van der Waals surface area contributed by atoms with Crippen LogP contribution in [0, 0.1) is 16.7 Å². The van der Waals surface area contributed by atoms with Crippen molar-refractivity contribution >= 4 is 11.3 Å². The lowest BCUT2D eigenvalue weighted by Crippen LogP contribution is -2.28. The van der Waals surface area contributed by atoms with Crippen LogP contribution in [0.1, 0.15) is 29.5 Å². The average molecular weight is 267 g/mol. The first-order valence-corrected chi connectivity index (χ1v) is 7.75. The predicted octanol–water partition coefficient (Wildman–Crippen LogP) is 4.38. The van der Waals surface area contributed by atoms with Crippen LogP contribution < -0.4 is 0 Å². The van der Waals surface area contributed by atoms with Crippen LogP contribution in [-0.2, 0) is 19.3 Å². The number of benzene rings is 1. The molecular weight excluding hydrogens is 250 g/mol. The van der Waals surface area contributed by atoms with Gasteiger partial charge in [0, 0.05) is 0 Å². The van der Waals surface area contributed by atoms with E-state index >= 15 is 0 Å². The Bertz CT molecular complexity index is 594. The van der Waals surface area contributed by atoms with Gasteiger partial charge in [0.1, 0.15) is 0 Å². The minimum atomic E-state index is -0.156. The summed E-state index contributed by atoms with van der Waals surface area (Å²) in [7, 11) is 0. The van der Waals surface area contributed by atoms with E-state index < -0.39 is 0 Å². The summed E-state index contributed by atoms with van der Waals surface area (Å²) in [6.07, 6.45) is 4.98. The molecular formula is C17H17NS. The summed E-state index contributed by atoms with van der Waals surface area (Å²) in [5.41, 5.74) is 4.03. The summed E-state index contributed by atoms with van der Waals surface area (Å²) >= 11 is 1.74. The van der Waals surface area contributed by atoms with E-state index in [-0.39, 0.29) is 5.41 Å². The van der Waals surface area contributed by atoms with Crippen molar-refractivity contribution < 1.29 is 0 Å². The molecule has 0 amide bonds. The van der Waals surface area contributed by atoms with Crippen LogP contribution in [0.25, 0.3) is 0 Å². The third kappa shape index (κ3) is 2.57. The second-order valence-electron chi connectivity index (χ2n) is 5.47. The number of hydrogen-bond acceptors (Lipinski definition) is 2. The number of aryl methyl sites for hydroxylation is 2. The van der Waals surface area contributed by atoms with Crippen molar-refractivity contribution in [3.63, 3.8) is 0 Å². The summed E-state index contributed by atoms with van der Waals surface area (Å²) in [6.45, 7) is 0. The zero-order chi connectivity index (χ0) is 13.1. The molecule has 1 nitrogen and oxygen atoms in total. The Morgan fingerprint density at radius 3 is 2.79 bits per heavy atom. The molecule has 1 aliphatic rings. The molecule has 3 rings (SSSR count). The van der Waals surface area contributed by atoms with E-state index in [1.807, 2.05) is 0 Å². The SMILES string of the molecule is N#CC1(CCc2ccsc2)CCc2ccccc2C1. The van der Waals surface area contributed by atoms with Gasteiger partial charge in [-0.05, 0) is 65.6 Å². The maximum absolute atomic E-state index is 9.65. The Hall–Kier alpha value is -1.59. The molecule has 1 aliphatic carbocycles. The molecule has 0 fully saturated rings. The van der Waals surface area contributed by atoms with E-state index in [2.05, 4.69) is 47.2 Å². The minimum Gasteiger partial charge on any atom is -0.198 e. The number of thiophene rings is 1. The van der Waals surface area contributed by atoms with Crippen molar-refractivity contribution in [2.75, 3.05) is 0 Å². The highest BCUT2D eigenvalue weighted by Crippen LogP contribution is 2.38. The van der Waals surface area contributed by atoms with Crippen LogP contribution in [0.15, 0.2) is 41.1 Å². The molecule has 1 heterocycles.